The third kappa shape index (κ3) is 4.64. The van der Waals surface area contributed by atoms with E-state index in [0.717, 1.165) is 0 Å². The van der Waals surface area contributed by atoms with Crippen molar-refractivity contribution >= 4 is 35.4 Å². The van der Waals surface area contributed by atoms with Gasteiger partial charge in [0.15, 0.2) is 0 Å². The summed E-state index contributed by atoms with van der Waals surface area (Å²) < 4.78 is 5.06. The summed E-state index contributed by atoms with van der Waals surface area (Å²) in [6, 6.07) is 9.34. The van der Waals surface area contributed by atoms with E-state index in [2.05, 4.69) is 5.32 Å². The standard InChI is InChI=1S/C18H21N3O4.ClH/c1-18(2,3)13-7-5-11(9-15(13)21(23)24)17(22)20-12-6-8-16(25-4)14(19)10-12;/h5-10H,19H2,1-4H3,(H,20,22);1H. The zero-order valence-electron chi connectivity index (χ0n) is 15.0. The Kier molecular flexibility index (Phi) is 6.58. The van der Waals surface area contributed by atoms with Crippen LogP contribution in [0.2, 0.25) is 0 Å². The van der Waals surface area contributed by atoms with Gasteiger partial charge in [0.05, 0.1) is 17.7 Å². The Bertz CT molecular complexity index is 832. The van der Waals surface area contributed by atoms with Crippen LogP contribution in [-0.4, -0.2) is 17.9 Å². The van der Waals surface area contributed by atoms with Gasteiger partial charge in [-0.15, -0.1) is 12.4 Å². The van der Waals surface area contributed by atoms with Crippen LogP contribution in [0.25, 0.3) is 0 Å². The van der Waals surface area contributed by atoms with E-state index in [-0.39, 0.29) is 23.7 Å². The van der Waals surface area contributed by atoms with Crippen LogP contribution >= 0.6 is 12.4 Å². The van der Waals surface area contributed by atoms with Crippen LogP contribution in [0.5, 0.6) is 5.75 Å². The molecular weight excluding hydrogens is 358 g/mol. The summed E-state index contributed by atoms with van der Waals surface area (Å²) in [7, 11) is 1.50. The maximum absolute atomic E-state index is 12.4. The van der Waals surface area contributed by atoms with E-state index in [0.29, 0.717) is 22.7 Å². The number of carbonyl (C=O) groups excluding carboxylic acids is 1. The number of methoxy groups -OCH3 is 1. The maximum Gasteiger partial charge on any atom is 0.273 e. The molecule has 2 aromatic rings. The van der Waals surface area contributed by atoms with Crippen molar-refractivity contribution in [2.75, 3.05) is 18.2 Å². The van der Waals surface area contributed by atoms with Gasteiger partial charge in [0.25, 0.3) is 11.6 Å². The average Bonchev–Trinajstić information content (AvgIpc) is 2.53. The van der Waals surface area contributed by atoms with Gasteiger partial charge in [-0.3, -0.25) is 14.9 Å². The number of nitro benzene ring substituents is 1. The number of nitro groups is 1. The predicted octanol–water partition coefficient (Wildman–Crippen LogP) is 4.16. The minimum Gasteiger partial charge on any atom is -0.495 e. The molecular formula is C18H22ClN3O4. The number of nitrogens with zero attached hydrogens (tertiary/aromatic N) is 1. The molecule has 0 atom stereocenters. The Morgan fingerprint density at radius 3 is 2.35 bits per heavy atom. The molecule has 1 amide bonds. The highest BCUT2D eigenvalue weighted by molar-refractivity contribution is 6.05. The van der Waals surface area contributed by atoms with E-state index in [1.165, 1.54) is 13.2 Å². The lowest BCUT2D eigenvalue weighted by atomic mass is 9.85. The molecule has 0 aromatic heterocycles. The molecule has 0 aliphatic carbocycles. The number of halogens is 1. The van der Waals surface area contributed by atoms with Crippen molar-refractivity contribution in [2.45, 2.75) is 26.2 Å². The summed E-state index contributed by atoms with van der Waals surface area (Å²) in [6.07, 6.45) is 0. The number of carbonyl (C=O) groups is 1. The molecule has 0 heterocycles. The highest BCUT2D eigenvalue weighted by Gasteiger charge is 2.26. The Morgan fingerprint density at radius 2 is 1.85 bits per heavy atom. The summed E-state index contributed by atoms with van der Waals surface area (Å²) in [5, 5.41) is 14.0. The van der Waals surface area contributed by atoms with E-state index in [1.54, 1.807) is 30.3 Å². The van der Waals surface area contributed by atoms with Gasteiger partial charge in [-0.1, -0.05) is 26.8 Å². The van der Waals surface area contributed by atoms with Crippen LogP contribution in [0.1, 0.15) is 36.7 Å². The van der Waals surface area contributed by atoms with Gasteiger partial charge in [-0.2, -0.15) is 0 Å². The second kappa shape index (κ2) is 8.05. The molecule has 2 rings (SSSR count). The quantitative estimate of drug-likeness (QED) is 0.471. The fourth-order valence-corrected chi connectivity index (χ4v) is 2.47. The topological polar surface area (TPSA) is 107 Å². The van der Waals surface area contributed by atoms with Crippen LogP contribution in [-0.2, 0) is 5.41 Å². The Balaban J connectivity index is 0.00000338. The van der Waals surface area contributed by atoms with E-state index < -0.39 is 16.2 Å². The van der Waals surface area contributed by atoms with Gasteiger partial charge < -0.3 is 15.8 Å². The van der Waals surface area contributed by atoms with Crippen LogP contribution in [0.4, 0.5) is 17.1 Å². The molecule has 0 aliphatic heterocycles. The van der Waals surface area contributed by atoms with Crippen LogP contribution < -0.4 is 15.8 Å². The van der Waals surface area contributed by atoms with Crippen molar-refractivity contribution in [1.82, 2.24) is 0 Å². The summed E-state index contributed by atoms with van der Waals surface area (Å²) in [5.41, 5.74) is 6.97. The van der Waals surface area contributed by atoms with Crippen molar-refractivity contribution in [3.05, 3.63) is 57.6 Å². The fraction of sp³-hybridized carbons (Fsp3) is 0.278. The number of rotatable bonds is 4. The molecule has 0 radical (unpaired) electrons. The predicted molar refractivity (Wildman–Crippen MR) is 104 cm³/mol. The van der Waals surface area contributed by atoms with Crippen LogP contribution in [0, 0.1) is 10.1 Å². The maximum atomic E-state index is 12.4. The number of nitrogen functional groups attached to an aromatic ring is 1. The summed E-state index contributed by atoms with van der Waals surface area (Å²) in [6.45, 7) is 5.65. The molecule has 8 heteroatoms. The van der Waals surface area contributed by atoms with E-state index in [4.69, 9.17) is 10.5 Å². The fourth-order valence-electron chi connectivity index (χ4n) is 2.47. The molecule has 2 aromatic carbocycles. The van der Waals surface area contributed by atoms with Gasteiger partial charge in [0.1, 0.15) is 5.75 Å². The number of ether oxygens (including phenoxy) is 1. The molecule has 0 saturated heterocycles. The first kappa shape index (κ1) is 21.2. The van der Waals surface area contributed by atoms with Gasteiger partial charge in [0.2, 0.25) is 0 Å². The molecule has 0 spiro atoms. The molecule has 140 valence electrons. The first-order valence-corrected chi connectivity index (χ1v) is 7.67. The first-order valence-electron chi connectivity index (χ1n) is 7.67. The SMILES string of the molecule is COc1ccc(NC(=O)c2ccc(C(C)(C)C)c([N+](=O)[O-])c2)cc1N.Cl. The molecule has 26 heavy (non-hydrogen) atoms. The summed E-state index contributed by atoms with van der Waals surface area (Å²) in [4.78, 5) is 23.3. The molecule has 0 fully saturated rings. The zero-order valence-corrected chi connectivity index (χ0v) is 15.8. The molecule has 0 saturated carbocycles. The van der Waals surface area contributed by atoms with Crippen LogP contribution in [0.3, 0.4) is 0 Å². The smallest absolute Gasteiger partial charge is 0.273 e. The Labute approximate surface area is 158 Å². The largest absolute Gasteiger partial charge is 0.495 e. The summed E-state index contributed by atoms with van der Waals surface area (Å²) in [5.74, 6) is 0.0521. The van der Waals surface area contributed by atoms with Gasteiger partial charge in [-0.05, 0) is 29.7 Å². The second-order valence-corrected chi connectivity index (χ2v) is 6.65. The van der Waals surface area contributed by atoms with Gasteiger partial charge in [0, 0.05) is 22.9 Å². The molecule has 0 unspecified atom stereocenters. The Hall–Kier alpha value is -2.80. The van der Waals surface area contributed by atoms with Gasteiger partial charge >= 0.3 is 0 Å². The number of nitrogens with one attached hydrogen (secondary N) is 1. The third-order valence-corrected chi connectivity index (χ3v) is 3.75. The number of anilines is 2. The molecule has 7 nitrogen and oxygen atoms in total. The van der Waals surface area contributed by atoms with E-state index in [1.807, 2.05) is 20.8 Å². The monoisotopic (exact) mass is 379 g/mol. The van der Waals surface area contributed by atoms with Crippen molar-refractivity contribution in [1.29, 1.82) is 0 Å². The molecule has 0 bridgehead atoms. The number of nitrogens with two attached hydrogens (primary N) is 1. The number of hydrogen-bond donors (Lipinski definition) is 2. The minimum atomic E-state index is -0.470. The van der Waals surface area contributed by atoms with Crippen molar-refractivity contribution < 1.29 is 14.5 Å². The minimum absolute atomic E-state index is 0. The first-order chi connectivity index (χ1) is 11.6. The van der Waals surface area contributed by atoms with Crippen molar-refractivity contribution in [2.24, 2.45) is 0 Å². The lowest BCUT2D eigenvalue weighted by Gasteiger charge is -2.19. The van der Waals surface area contributed by atoms with Crippen LogP contribution in [0.15, 0.2) is 36.4 Å². The summed E-state index contributed by atoms with van der Waals surface area (Å²) >= 11 is 0. The van der Waals surface area contributed by atoms with Crippen molar-refractivity contribution in [3.8, 4) is 5.75 Å². The number of hydrogen-bond acceptors (Lipinski definition) is 5. The highest BCUT2D eigenvalue weighted by atomic mass is 35.5. The van der Waals surface area contributed by atoms with Crippen molar-refractivity contribution in [3.63, 3.8) is 0 Å². The highest BCUT2D eigenvalue weighted by Crippen LogP contribution is 2.32. The molecule has 0 aliphatic rings. The second-order valence-electron chi connectivity index (χ2n) is 6.65. The average molecular weight is 380 g/mol. The third-order valence-electron chi connectivity index (χ3n) is 3.75. The normalized spacial score (nSPS) is 10.6. The molecule has 3 N–H and O–H groups in total. The van der Waals surface area contributed by atoms with Gasteiger partial charge in [-0.25, -0.2) is 0 Å². The van der Waals surface area contributed by atoms with E-state index >= 15 is 0 Å². The zero-order chi connectivity index (χ0) is 18.8. The lowest BCUT2D eigenvalue weighted by Crippen LogP contribution is -2.16. The number of amides is 1. The number of benzene rings is 2. The Morgan fingerprint density at radius 1 is 1.19 bits per heavy atom. The van der Waals surface area contributed by atoms with E-state index in [9.17, 15) is 14.9 Å². The lowest BCUT2D eigenvalue weighted by molar-refractivity contribution is -0.386.